The van der Waals surface area contributed by atoms with Crippen LogP contribution in [0.1, 0.15) is 16.8 Å². The van der Waals surface area contributed by atoms with Crippen molar-refractivity contribution < 1.29 is 28.8 Å². The summed E-state index contributed by atoms with van der Waals surface area (Å²) in [6.07, 6.45) is 0.137. The van der Waals surface area contributed by atoms with E-state index in [1.165, 1.54) is 0 Å². The fraction of sp³-hybridized carbons (Fsp3) is 0.385. The molecule has 0 aliphatic carbocycles. The summed E-state index contributed by atoms with van der Waals surface area (Å²) in [5.74, 6) is -0.314. The summed E-state index contributed by atoms with van der Waals surface area (Å²) in [5.41, 5.74) is 0.481. The maximum Gasteiger partial charge on any atom is 0.251 e. The zero-order valence-electron chi connectivity index (χ0n) is 10.8. The average Bonchev–Trinajstić information content (AvgIpc) is 2.49. The minimum atomic E-state index is -0.806. The smallest absolute Gasteiger partial charge is 0.251 e. The molecule has 20 heavy (non-hydrogen) atoms. The van der Waals surface area contributed by atoms with Crippen LogP contribution in [0.5, 0.6) is 0 Å². The van der Waals surface area contributed by atoms with E-state index >= 15 is 0 Å². The summed E-state index contributed by atoms with van der Waals surface area (Å²) in [6, 6.07) is 8.56. The second kappa shape index (κ2) is 10.0. The van der Waals surface area contributed by atoms with Gasteiger partial charge in [0.05, 0.1) is 13.2 Å². The summed E-state index contributed by atoms with van der Waals surface area (Å²) < 4.78 is 16.8. The number of carbonyl (C=O) groups is 2. The van der Waals surface area contributed by atoms with Crippen molar-refractivity contribution in [1.29, 1.82) is 0 Å². The molecule has 6 nitrogen and oxygen atoms in total. The number of halogens is 1. The number of ether oxygens (including phenoxy) is 1. The number of aldehydes is 1. The van der Waals surface area contributed by atoms with Crippen molar-refractivity contribution in [2.75, 3.05) is 19.8 Å². The highest BCUT2D eigenvalue weighted by atomic mass is 19.3. The first-order chi connectivity index (χ1) is 9.77. The highest BCUT2D eigenvalue weighted by molar-refractivity contribution is 5.94. The Bertz CT molecular complexity index is 401. The second-order valence-corrected chi connectivity index (χ2v) is 3.89. The number of carbonyl (C=O) groups excluding carboxylic acids is 2. The average molecular weight is 285 g/mol. The molecule has 0 aliphatic heterocycles. The van der Waals surface area contributed by atoms with Crippen LogP contribution < -0.4 is 5.32 Å². The topological polar surface area (TPSA) is 73.9 Å². The quantitative estimate of drug-likeness (QED) is 0.303. The van der Waals surface area contributed by atoms with E-state index in [-0.39, 0.29) is 32.1 Å². The zero-order chi connectivity index (χ0) is 14.6. The van der Waals surface area contributed by atoms with Crippen LogP contribution in [-0.4, -0.2) is 38.1 Å². The van der Waals surface area contributed by atoms with Crippen molar-refractivity contribution in [2.24, 2.45) is 0 Å². The Hall–Kier alpha value is -1.83. The summed E-state index contributed by atoms with van der Waals surface area (Å²) in [6.45, 7) is 0.202. The first-order valence-electron chi connectivity index (χ1n) is 6.06. The van der Waals surface area contributed by atoms with Crippen LogP contribution in [-0.2, 0) is 19.5 Å². The third-order valence-electron chi connectivity index (χ3n) is 2.38. The number of benzene rings is 1. The van der Waals surface area contributed by atoms with Crippen molar-refractivity contribution in [3.8, 4) is 0 Å². The van der Waals surface area contributed by atoms with Crippen LogP contribution in [0.25, 0.3) is 0 Å². The molecule has 110 valence electrons. The number of rotatable bonds is 10. The predicted octanol–water partition coefficient (Wildman–Crippen LogP) is 1.22. The van der Waals surface area contributed by atoms with Gasteiger partial charge >= 0.3 is 0 Å². The van der Waals surface area contributed by atoms with Gasteiger partial charge in [0.25, 0.3) is 5.91 Å². The molecule has 0 fully saturated rings. The summed E-state index contributed by atoms with van der Waals surface area (Å²) in [5, 5.41) is 5.66. The van der Waals surface area contributed by atoms with E-state index in [2.05, 4.69) is 15.3 Å². The largest absolute Gasteiger partial charge is 0.378 e. The molecular formula is C13H16FNO5. The molecule has 1 aromatic rings. The lowest BCUT2D eigenvalue weighted by Crippen LogP contribution is -2.36. The zero-order valence-corrected chi connectivity index (χ0v) is 10.8. The van der Waals surface area contributed by atoms with E-state index < -0.39 is 6.10 Å². The summed E-state index contributed by atoms with van der Waals surface area (Å²) in [4.78, 5) is 26.1. The van der Waals surface area contributed by atoms with E-state index in [0.29, 0.717) is 11.8 Å². The van der Waals surface area contributed by atoms with E-state index in [1.807, 2.05) is 0 Å². The lowest BCUT2D eigenvalue weighted by Gasteiger charge is -2.14. The van der Waals surface area contributed by atoms with Gasteiger partial charge in [-0.25, -0.2) is 0 Å². The third-order valence-corrected chi connectivity index (χ3v) is 2.38. The molecule has 1 N–H and O–H groups in total. The van der Waals surface area contributed by atoms with Crippen molar-refractivity contribution in [3.05, 3.63) is 35.9 Å². The Balaban J connectivity index is 2.34. The van der Waals surface area contributed by atoms with Gasteiger partial charge in [-0.1, -0.05) is 18.2 Å². The Morgan fingerprint density at radius 1 is 1.35 bits per heavy atom. The van der Waals surface area contributed by atoms with E-state index in [9.17, 15) is 14.1 Å². The Morgan fingerprint density at radius 2 is 2.10 bits per heavy atom. The number of nitrogens with one attached hydrogen (secondary N) is 1. The molecular weight excluding hydrogens is 269 g/mol. The van der Waals surface area contributed by atoms with Crippen LogP contribution in [0, 0.1) is 0 Å². The van der Waals surface area contributed by atoms with Gasteiger partial charge in [0.1, 0.15) is 12.4 Å². The van der Waals surface area contributed by atoms with Gasteiger partial charge in [0, 0.05) is 18.5 Å². The normalized spacial score (nSPS) is 11.8. The SMILES string of the molecule is O=CCCOCC(CNC(=O)c1ccccc1)OOF. The van der Waals surface area contributed by atoms with Gasteiger partial charge in [-0.2, -0.15) is 4.89 Å². The fourth-order valence-corrected chi connectivity index (χ4v) is 1.42. The van der Waals surface area contributed by atoms with Gasteiger partial charge in [-0.05, 0) is 21.8 Å². The van der Waals surface area contributed by atoms with Crippen LogP contribution in [0.15, 0.2) is 30.3 Å². The van der Waals surface area contributed by atoms with Gasteiger partial charge in [-0.15, -0.1) is 0 Å². The molecule has 0 aliphatic rings. The van der Waals surface area contributed by atoms with Crippen molar-refractivity contribution in [1.82, 2.24) is 5.32 Å². The van der Waals surface area contributed by atoms with Crippen LogP contribution in [0.2, 0.25) is 0 Å². The Labute approximate surface area is 115 Å². The first kappa shape index (κ1) is 16.2. The van der Waals surface area contributed by atoms with Crippen LogP contribution in [0.4, 0.5) is 4.53 Å². The molecule has 1 unspecified atom stereocenters. The molecule has 0 heterocycles. The number of hydrogen-bond donors (Lipinski definition) is 1. The molecule has 0 aromatic heterocycles. The minimum absolute atomic E-state index is 0.00711. The van der Waals surface area contributed by atoms with Crippen molar-refractivity contribution >= 4 is 12.2 Å². The lowest BCUT2D eigenvalue weighted by molar-refractivity contribution is -0.450. The summed E-state index contributed by atoms with van der Waals surface area (Å²) >= 11 is 0. The third kappa shape index (κ3) is 6.37. The van der Waals surface area contributed by atoms with Gasteiger partial charge in [-0.3, -0.25) is 4.79 Å². The predicted molar refractivity (Wildman–Crippen MR) is 67.3 cm³/mol. The standard InChI is InChI=1S/C13H16FNO5/c14-20-19-12(10-18-8-4-7-16)9-15-13(17)11-5-2-1-3-6-11/h1-3,5-7,12H,4,8-10H2,(H,15,17). The minimum Gasteiger partial charge on any atom is -0.378 e. The van der Waals surface area contributed by atoms with E-state index in [1.54, 1.807) is 30.3 Å². The highest BCUT2D eigenvalue weighted by Gasteiger charge is 2.14. The van der Waals surface area contributed by atoms with Crippen LogP contribution in [0.3, 0.4) is 0 Å². The number of amides is 1. The van der Waals surface area contributed by atoms with Crippen molar-refractivity contribution in [3.63, 3.8) is 0 Å². The Morgan fingerprint density at radius 3 is 2.75 bits per heavy atom. The molecule has 0 spiro atoms. The summed E-state index contributed by atoms with van der Waals surface area (Å²) in [7, 11) is 0. The van der Waals surface area contributed by atoms with E-state index in [0.717, 1.165) is 0 Å². The molecule has 0 radical (unpaired) electrons. The molecule has 0 saturated carbocycles. The fourth-order valence-electron chi connectivity index (χ4n) is 1.42. The molecule has 1 atom stereocenters. The molecule has 0 saturated heterocycles. The first-order valence-corrected chi connectivity index (χ1v) is 6.06. The molecule has 7 heteroatoms. The second-order valence-electron chi connectivity index (χ2n) is 3.89. The maximum atomic E-state index is 11.7. The van der Waals surface area contributed by atoms with Gasteiger partial charge < -0.3 is 14.8 Å². The molecule has 1 rings (SSSR count). The molecule has 0 bridgehead atoms. The van der Waals surface area contributed by atoms with Crippen LogP contribution >= 0.6 is 0 Å². The highest BCUT2D eigenvalue weighted by Crippen LogP contribution is 2.00. The lowest BCUT2D eigenvalue weighted by atomic mass is 10.2. The Kier molecular flexibility index (Phi) is 8.13. The van der Waals surface area contributed by atoms with E-state index in [4.69, 9.17) is 4.74 Å². The maximum absolute atomic E-state index is 11.7. The monoisotopic (exact) mass is 285 g/mol. The van der Waals surface area contributed by atoms with Gasteiger partial charge in [0.15, 0.2) is 0 Å². The molecule has 1 amide bonds. The van der Waals surface area contributed by atoms with Gasteiger partial charge in [0.2, 0.25) is 0 Å². The molecule has 1 aromatic carbocycles. The van der Waals surface area contributed by atoms with Crippen molar-refractivity contribution in [2.45, 2.75) is 12.5 Å². The number of hydrogen-bond acceptors (Lipinski definition) is 5.